The van der Waals surface area contributed by atoms with Crippen LogP contribution in [-0.2, 0) is 0 Å². The minimum Gasteiger partial charge on any atom is -0.391 e. The molecule has 0 bridgehead atoms. The third-order valence-corrected chi connectivity index (χ3v) is 6.82. The number of hydrogen-bond donors (Lipinski definition) is 5. The van der Waals surface area contributed by atoms with E-state index in [1.165, 1.54) is 10.6 Å². The topological polar surface area (TPSA) is 82.3 Å². The van der Waals surface area contributed by atoms with Crippen LogP contribution in [0.3, 0.4) is 0 Å². The van der Waals surface area contributed by atoms with E-state index in [0.29, 0.717) is 13.1 Å². The summed E-state index contributed by atoms with van der Waals surface area (Å²) in [6.45, 7) is 5.75. The van der Waals surface area contributed by atoms with Crippen molar-refractivity contribution in [1.29, 1.82) is 0 Å². The Hall–Kier alpha value is -1.33. The first-order valence-corrected chi connectivity index (χ1v) is 11.2. The predicted molar refractivity (Wildman–Crippen MR) is 118 cm³/mol. The molecular weight excluding hydrogens is 355 g/mol. The summed E-state index contributed by atoms with van der Waals surface area (Å²) >= 11 is 0. The lowest BCUT2D eigenvalue weighted by atomic mass is 10.4. The van der Waals surface area contributed by atoms with Crippen LogP contribution in [0, 0.1) is 0 Å². The molecule has 2 aromatic carbocycles. The molecule has 0 aliphatic heterocycles. The van der Waals surface area contributed by atoms with Crippen molar-refractivity contribution in [1.82, 2.24) is 16.0 Å². The molecular formula is C21H33N4OP. The van der Waals surface area contributed by atoms with E-state index in [0.717, 1.165) is 38.9 Å². The third-order valence-electron chi connectivity index (χ3n) is 4.19. The van der Waals surface area contributed by atoms with E-state index in [9.17, 15) is 5.11 Å². The zero-order valence-corrected chi connectivity index (χ0v) is 16.9. The zero-order chi connectivity index (χ0) is 19.2. The molecule has 0 aliphatic rings. The second-order valence-electron chi connectivity index (χ2n) is 6.43. The van der Waals surface area contributed by atoms with Crippen molar-refractivity contribution in [2.24, 2.45) is 5.73 Å². The largest absolute Gasteiger partial charge is 0.391 e. The van der Waals surface area contributed by atoms with Crippen molar-refractivity contribution in [3.8, 4) is 0 Å². The predicted octanol–water partition coefficient (Wildman–Crippen LogP) is 0.208. The molecule has 0 saturated carbocycles. The highest BCUT2D eigenvalue weighted by Crippen LogP contribution is 2.33. The fourth-order valence-corrected chi connectivity index (χ4v) is 5.16. The van der Waals surface area contributed by atoms with Gasteiger partial charge < -0.3 is 26.8 Å². The van der Waals surface area contributed by atoms with Gasteiger partial charge in [0.15, 0.2) is 0 Å². The SMILES string of the molecule is NCCNCCNCCNCC(O)CP(c1ccccc1)c1ccccc1. The van der Waals surface area contributed by atoms with Crippen LogP contribution in [0.5, 0.6) is 0 Å². The second kappa shape index (κ2) is 13.8. The quantitative estimate of drug-likeness (QED) is 0.236. The van der Waals surface area contributed by atoms with Gasteiger partial charge in [0, 0.05) is 52.0 Å². The van der Waals surface area contributed by atoms with Gasteiger partial charge in [-0.1, -0.05) is 60.7 Å². The first-order chi connectivity index (χ1) is 13.3. The Balaban J connectivity index is 1.72. The summed E-state index contributed by atoms with van der Waals surface area (Å²) in [5.41, 5.74) is 5.43. The van der Waals surface area contributed by atoms with Crippen molar-refractivity contribution >= 4 is 18.5 Å². The summed E-state index contributed by atoms with van der Waals surface area (Å²) in [7, 11) is -0.551. The zero-order valence-electron chi connectivity index (χ0n) is 16.0. The molecule has 1 unspecified atom stereocenters. The van der Waals surface area contributed by atoms with Crippen molar-refractivity contribution < 1.29 is 5.11 Å². The van der Waals surface area contributed by atoms with E-state index < -0.39 is 7.92 Å². The van der Waals surface area contributed by atoms with Gasteiger partial charge in [0.2, 0.25) is 0 Å². The first kappa shape index (κ1) is 22.0. The van der Waals surface area contributed by atoms with Crippen molar-refractivity contribution in [3.63, 3.8) is 0 Å². The molecule has 6 heteroatoms. The molecule has 0 heterocycles. The maximum atomic E-state index is 10.6. The number of aliphatic hydroxyl groups excluding tert-OH is 1. The maximum absolute atomic E-state index is 10.6. The van der Waals surface area contributed by atoms with Gasteiger partial charge in [0.25, 0.3) is 0 Å². The van der Waals surface area contributed by atoms with E-state index in [1.807, 2.05) is 12.1 Å². The lowest BCUT2D eigenvalue weighted by molar-refractivity contribution is 0.195. The highest BCUT2D eigenvalue weighted by molar-refractivity contribution is 7.73. The van der Waals surface area contributed by atoms with E-state index in [1.54, 1.807) is 0 Å². The van der Waals surface area contributed by atoms with Gasteiger partial charge in [-0.25, -0.2) is 0 Å². The molecule has 0 saturated heterocycles. The summed E-state index contributed by atoms with van der Waals surface area (Å²) in [5.74, 6) is 0. The molecule has 5 nitrogen and oxygen atoms in total. The molecule has 0 aromatic heterocycles. The number of nitrogens with two attached hydrogens (primary N) is 1. The van der Waals surface area contributed by atoms with Crippen molar-refractivity contribution in [2.45, 2.75) is 6.10 Å². The van der Waals surface area contributed by atoms with Gasteiger partial charge in [0.05, 0.1) is 6.10 Å². The van der Waals surface area contributed by atoms with E-state index in [-0.39, 0.29) is 6.10 Å². The van der Waals surface area contributed by atoms with Gasteiger partial charge >= 0.3 is 0 Å². The lowest BCUT2D eigenvalue weighted by Crippen LogP contribution is -2.37. The van der Waals surface area contributed by atoms with Gasteiger partial charge in [-0.05, 0) is 18.5 Å². The Morgan fingerprint density at radius 1 is 0.741 bits per heavy atom. The fourth-order valence-electron chi connectivity index (χ4n) is 2.83. The molecule has 6 N–H and O–H groups in total. The van der Waals surface area contributed by atoms with Crippen LogP contribution in [0.2, 0.25) is 0 Å². The Kier molecular flexibility index (Phi) is 11.2. The molecule has 148 valence electrons. The smallest absolute Gasteiger partial charge is 0.0709 e. The molecule has 0 fully saturated rings. The van der Waals surface area contributed by atoms with Gasteiger partial charge in [-0.15, -0.1) is 0 Å². The van der Waals surface area contributed by atoms with E-state index in [4.69, 9.17) is 5.73 Å². The van der Waals surface area contributed by atoms with Crippen LogP contribution in [0.25, 0.3) is 0 Å². The lowest BCUT2D eigenvalue weighted by Gasteiger charge is -2.22. The maximum Gasteiger partial charge on any atom is 0.0709 e. The summed E-state index contributed by atoms with van der Waals surface area (Å²) in [5, 5.41) is 23.1. The molecule has 0 amide bonds. The van der Waals surface area contributed by atoms with Crippen LogP contribution >= 0.6 is 7.92 Å². The normalized spacial score (nSPS) is 12.4. The second-order valence-corrected chi connectivity index (χ2v) is 8.68. The summed E-state index contributed by atoms with van der Waals surface area (Å²) < 4.78 is 0. The summed E-state index contributed by atoms with van der Waals surface area (Å²) in [6, 6.07) is 21.1. The number of hydrogen-bond acceptors (Lipinski definition) is 5. The van der Waals surface area contributed by atoms with Crippen LogP contribution in [-0.4, -0.2) is 63.2 Å². The fraction of sp³-hybridized carbons (Fsp3) is 0.429. The van der Waals surface area contributed by atoms with Gasteiger partial charge in [-0.2, -0.15) is 0 Å². The number of nitrogens with one attached hydrogen (secondary N) is 3. The number of benzene rings is 2. The monoisotopic (exact) mass is 388 g/mol. The highest BCUT2D eigenvalue weighted by Gasteiger charge is 2.17. The van der Waals surface area contributed by atoms with Gasteiger partial charge in [-0.3, -0.25) is 0 Å². The molecule has 27 heavy (non-hydrogen) atoms. The highest BCUT2D eigenvalue weighted by atomic mass is 31.1. The summed E-state index contributed by atoms with van der Waals surface area (Å²) in [4.78, 5) is 0. The Morgan fingerprint density at radius 2 is 1.22 bits per heavy atom. The molecule has 0 spiro atoms. The Morgan fingerprint density at radius 3 is 1.74 bits per heavy atom. The van der Waals surface area contributed by atoms with Crippen molar-refractivity contribution in [2.75, 3.05) is 52.0 Å². The van der Waals surface area contributed by atoms with Crippen LogP contribution < -0.4 is 32.3 Å². The molecule has 2 rings (SSSR count). The van der Waals surface area contributed by atoms with E-state index >= 15 is 0 Å². The minimum atomic E-state index is -0.551. The van der Waals surface area contributed by atoms with Crippen LogP contribution in [0.15, 0.2) is 60.7 Å². The molecule has 1 atom stereocenters. The summed E-state index contributed by atoms with van der Waals surface area (Å²) in [6.07, 6.45) is 0.412. The number of aliphatic hydroxyl groups is 1. The average Bonchev–Trinajstić information content (AvgIpc) is 2.72. The van der Waals surface area contributed by atoms with Crippen LogP contribution in [0.4, 0.5) is 0 Å². The van der Waals surface area contributed by atoms with Crippen LogP contribution in [0.1, 0.15) is 0 Å². The first-order valence-electron chi connectivity index (χ1n) is 9.69. The van der Waals surface area contributed by atoms with Crippen molar-refractivity contribution in [3.05, 3.63) is 60.7 Å². The standard InChI is InChI=1S/C21H33N4OP/c22-11-12-23-13-14-24-15-16-25-17-19(26)18-27(20-7-3-1-4-8-20)21-9-5-2-6-10-21/h1-10,19,23-26H,11-18,22H2. The molecule has 0 radical (unpaired) electrons. The van der Waals surface area contributed by atoms with E-state index in [2.05, 4.69) is 64.5 Å². The molecule has 0 aliphatic carbocycles. The Bertz CT molecular complexity index is 560. The average molecular weight is 388 g/mol. The Labute approximate surface area is 164 Å². The van der Waals surface area contributed by atoms with Gasteiger partial charge in [0.1, 0.15) is 0 Å². The number of rotatable bonds is 14. The minimum absolute atomic E-state index is 0.359. The molecule has 2 aromatic rings. The third kappa shape index (κ3) is 8.93.